The molecule has 0 aliphatic carbocycles. The maximum absolute atomic E-state index is 13.3. The van der Waals surface area contributed by atoms with Crippen molar-refractivity contribution in [1.82, 2.24) is 19.4 Å². The molecule has 0 spiro atoms. The smallest absolute Gasteiger partial charge is 0.225 e. The molecule has 6 nitrogen and oxygen atoms in total. The van der Waals surface area contributed by atoms with Crippen molar-refractivity contribution in [2.45, 2.75) is 19.4 Å². The molecule has 2 fully saturated rings. The van der Waals surface area contributed by atoms with Gasteiger partial charge in [-0.2, -0.15) is 0 Å². The molecule has 38 heavy (non-hydrogen) atoms. The lowest BCUT2D eigenvalue weighted by Gasteiger charge is -2.39. The van der Waals surface area contributed by atoms with E-state index in [0.717, 1.165) is 78.3 Å². The number of amides is 1. The van der Waals surface area contributed by atoms with E-state index in [4.69, 9.17) is 4.98 Å². The van der Waals surface area contributed by atoms with Crippen molar-refractivity contribution in [2.24, 2.45) is 5.92 Å². The molecule has 0 unspecified atom stereocenters. The number of hydrogen-bond acceptors (Lipinski definition) is 4. The van der Waals surface area contributed by atoms with Gasteiger partial charge in [-0.25, -0.2) is 9.37 Å². The van der Waals surface area contributed by atoms with Crippen LogP contribution in [0.1, 0.15) is 18.7 Å². The van der Waals surface area contributed by atoms with Crippen molar-refractivity contribution >= 4 is 38.6 Å². The molecule has 2 saturated heterocycles. The number of carbonyl (C=O) groups is 1. The molecular formula is C30H31BrFN5O. The normalized spacial score (nSPS) is 17.3. The molecule has 1 amide bonds. The highest BCUT2D eigenvalue weighted by Crippen LogP contribution is 2.27. The van der Waals surface area contributed by atoms with Gasteiger partial charge in [-0.15, -0.1) is 0 Å². The van der Waals surface area contributed by atoms with Gasteiger partial charge in [0.05, 0.1) is 17.6 Å². The molecule has 6 rings (SSSR count). The van der Waals surface area contributed by atoms with Crippen molar-refractivity contribution in [3.05, 3.63) is 88.9 Å². The van der Waals surface area contributed by atoms with Gasteiger partial charge in [0.1, 0.15) is 11.6 Å². The number of anilines is 1. The first-order chi connectivity index (χ1) is 18.5. The minimum absolute atomic E-state index is 0.0777. The molecule has 0 atom stereocenters. The molecule has 4 aromatic rings. The zero-order valence-electron chi connectivity index (χ0n) is 21.3. The molecule has 1 aromatic heterocycles. The maximum Gasteiger partial charge on any atom is 0.225 e. The fraction of sp³-hybridized carbons (Fsp3) is 0.333. The highest BCUT2D eigenvalue weighted by Gasteiger charge is 2.31. The number of piperidine rings is 1. The number of halogens is 2. The molecule has 2 aliphatic heterocycles. The van der Waals surface area contributed by atoms with Crippen molar-refractivity contribution in [3.63, 3.8) is 0 Å². The lowest BCUT2D eigenvalue weighted by molar-refractivity contribution is -0.137. The number of nitrogens with zero attached hydrogens (tertiary/aromatic N) is 5. The summed E-state index contributed by atoms with van der Waals surface area (Å²) < 4.78 is 16.6. The van der Waals surface area contributed by atoms with Crippen LogP contribution in [-0.4, -0.2) is 64.5 Å². The predicted octanol–water partition coefficient (Wildman–Crippen LogP) is 5.49. The van der Waals surface area contributed by atoms with Gasteiger partial charge in [0.15, 0.2) is 0 Å². The molecule has 0 saturated carbocycles. The van der Waals surface area contributed by atoms with Crippen LogP contribution in [0.5, 0.6) is 0 Å². The predicted molar refractivity (Wildman–Crippen MR) is 152 cm³/mol. The Labute approximate surface area is 230 Å². The molecule has 0 radical (unpaired) electrons. The van der Waals surface area contributed by atoms with Gasteiger partial charge >= 0.3 is 0 Å². The highest BCUT2D eigenvalue weighted by atomic mass is 79.9. The average molecular weight is 577 g/mol. The van der Waals surface area contributed by atoms with Crippen molar-refractivity contribution in [2.75, 3.05) is 44.2 Å². The van der Waals surface area contributed by atoms with Gasteiger partial charge in [-0.3, -0.25) is 14.3 Å². The molecule has 3 heterocycles. The Bertz CT molecular complexity index is 1410. The Kier molecular flexibility index (Phi) is 7.17. The van der Waals surface area contributed by atoms with Crippen molar-refractivity contribution in [1.29, 1.82) is 0 Å². The number of likely N-dealkylation sites (tertiary alicyclic amines) is 1. The molecule has 0 N–H and O–H groups in total. The van der Waals surface area contributed by atoms with Crippen LogP contribution in [-0.2, 0) is 11.3 Å². The number of benzene rings is 3. The number of fused-ring (bicyclic) bond motifs is 1. The van der Waals surface area contributed by atoms with Crippen LogP contribution in [0.25, 0.3) is 16.7 Å². The van der Waals surface area contributed by atoms with Crippen LogP contribution in [0, 0.1) is 11.7 Å². The fourth-order valence-corrected chi connectivity index (χ4v) is 5.96. The van der Waals surface area contributed by atoms with Crippen LogP contribution in [0.15, 0.2) is 77.3 Å². The number of imidazole rings is 1. The van der Waals surface area contributed by atoms with Gasteiger partial charge in [-0.05, 0) is 86.6 Å². The number of rotatable bonds is 5. The molecular weight excluding hydrogens is 545 g/mol. The number of para-hydroxylation sites is 2. The van der Waals surface area contributed by atoms with E-state index >= 15 is 0 Å². The van der Waals surface area contributed by atoms with E-state index in [9.17, 15) is 9.18 Å². The van der Waals surface area contributed by atoms with E-state index < -0.39 is 0 Å². The lowest BCUT2D eigenvalue weighted by Crippen LogP contribution is -2.51. The monoisotopic (exact) mass is 575 g/mol. The molecule has 0 bridgehead atoms. The number of hydrogen-bond donors (Lipinski definition) is 0. The first-order valence-electron chi connectivity index (χ1n) is 13.3. The van der Waals surface area contributed by atoms with Gasteiger partial charge in [0.2, 0.25) is 5.91 Å². The number of piperazine rings is 1. The topological polar surface area (TPSA) is 44.6 Å². The van der Waals surface area contributed by atoms with Crippen LogP contribution >= 0.6 is 15.9 Å². The van der Waals surface area contributed by atoms with E-state index in [2.05, 4.69) is 72.8 Å². The standard InChI is InChI=1S/C30H31BrFN5O/c31-23-5-9-26(10-6-23)37-28-4-2-1-3-27(28)33-29(37)21-34-15-13-22(14-16-34)30(38)36-19-17-35(18-20-36)25-11-7-24(32)8-12-25/h1-12,22H,13-21H2. The zero-order valence-corrected chi connectivity index (χ0v) is 22.9. The summed E-state index contributed by atoms with van der Waals surface area (Å²) in [5, 5.41) is 0. The number of aromatic nitrogens is 2. The average Bonchev–Trinajstić information content (AvgIpc) is 3.32. The molecule has 196 valence electrons. The van der Waals surface area contributed by atoms with Crippen molar-refractivity contribution < 1.29 is 9.18 Å². The summed E-state index contributed by atoms with van der Waals surface area (Å²) in [4.78, 5) is 25.0. The Morgan fingerprint density at radius 3 is 2.21 bits per heavy atom. The van der Waals surface area contributed by atoms with E-state index in [0.29, 0.717) is 13.1 Å². The Balaban J connectivity index is 1.07. The van der Waals surface area contributed by atoms with Crippen molar-refractivity contribution in [3.8, 4) is 5.69 Å². The molecule has 2 aliphatic rings. The summed E-state index contributed by atoms with van der Waals surface area (Å²) in [5.74, 6) is 1.16. The van der Waals surface area contributed by atoms with Crippen LogP contribution < -0.4 is 4.90 Å². The quantitative estimate of drug-likeness (QED) is 0.316. The number of carbonyl (C=O) groups excluding carboxylic acids is 1. The van der Waals surface area contributed by atoms with Gasteiger partial charge < -0.3 is 9.80 Å². The van der Waals surface area contributed by atoms with E-state index in [1.807, 2.05) is 23.1 Å². The zero-order chi connectivity index (χ0) is 26.1. The first kappa shape index (κ1) is 25.1. The molecule has 8 heteroatoms. The van der Waals surface area contributed by atoms with Gasteiger partial charge in [0.25, 0.3) is 0 Å². The minimum atomic E-state index is -0.223. The highest BCUT2D eigenvalue weighted by molar-refractivity contribution is 9.10. The van der Waals surface area contributed by atoms with Crippen LogP contribution in [0.2, 0.25) is 0 Å². The van der Waals surface area contributed by atoms with Gasteiger partial charge in [0, 0.05) is 47.9 Å². The summed E-state index contributed by atoms with van der Waals surface area (Å²) in [7, 11) is 0. The molecule has 3 aromatic carbocycles. The van der Waals surface area contributed by atoms with E-state index in [1.165, 1.54) is 12.1 Å². The third-order valence-electron chi connectivity index (χ3n) is 7.80. The summed E-state index contributed by atoms with van der Waals surface area (Å²) in [6.07, 6.45) is 1.74. The Hall–Kier alpha value is -3.23. The largest absolute Gasteiger partial charge is 0.368 e. The first-order valence-corrected chi connectivity index (χ1v) is 14.1. The van der Waals surface area contributed by atoms with E-state index in [1.54, 1.807) is 0 Å². The second kappa shape index (κ2) is 10.9. The SMILES string of the molecule is O=C(C1CCN(Cc2nc3ccccc3n2-c2ccc(Br)cc2)CC1)N1CCN(c2ccc(F)cc2)CC1. The van der Waals surface area contributed by atoms with Crippen LogP contribution in [0.4, 0.5) is 10.1 Å². The summed E-state index contributed by atoms with van der Waals surface area (Å²) in [5.41, 5.74) is 4.22. The van der Waals surface area contributed by atoms with E-state index in [-0.39, 0.29) is 17.6 Å². The fourth-order valence-electron chi connectivity index (χ4n) is 5.69. The summed E-state index contributed by atoms with van der Waals surface area (Å²) in [6, 6.07) is 23.2. The Morgan fingerprint density at radius 1 is 0.842 bits per heavy atom. The summed E-state index contributed by atoms with van der Waals surface area (Å²) in [6.45, 7) is 5.51. The summed E-state index contributed by atoms with van der Waals surface area (Å²) >= 11 is 3.54. The maximum atomic E-state index is 13.3. The lowest BCUT2D eigenvalue weighted by atomic mass is 9.95. The minimum Gasteiger partial charge on any atom is -0.368 e. The third kappa shape index (κ3) is 5.20. The second-order valence-electron chi connectivity index (χ2n) is 10.2. The second-order valence-corrected chi connectivity index (χ2v) is 11.1. The third-order valence-corrected chi connectivity index (χ3v) is 8.33. The van der Waals surface area contributed by atoms with Gasteiger partial charge in [-0.1, -0.05) is 28.1 Å². The van der Waals surface area contributed by atoms with Crippen LogP contribution in [0.3, 0.4) is 0 Å². The Morgan fingerprint density at radius 2 is 1.50 bits per heavy atom.